The minimum Gasteiger partial charge on any atom is -0.481 e. The molecule has 0 saturated heterocycles. The number of nitrogens with zero attached hydrogens (tertiary/aromatic N) is 2. The molecule has 0 unspecified atom stereocenters. The first-order chi connectivity index (χ1) is 9.29. The number of thiophene rings is 1. The van der Waals surface area contributed by atoms with Crippen molar-refractivity contribution in [2.75, 3.05) is 7.11 Å². The van der Waals surface area contributed by atoms with Crippen LogP contribution in [0.15, 0.2) is 46.8 Å². The number of fused-ring (bicyclic) bond motifs is 1. The lowest BCUT2D eigenvalue weighted by molar-refractivity contribution is 0.391. The van der Waals surface area contributed by atoms with Gasteiger partial charge in [-0.15, -0.1) is 11.3 Å². The lowest BCUT2D eigenvalue weighted by atomic mass is 10.2. The summed E-state index contributed by atoms with van der Waals surface area (Å²) in [5, 5.41) is 1.93. The van der Waals surface area contributed by atoms with E-state index in [9.17, 15) is 4.79 Å². The smallest absolute Gasteiger partial charge is 0.218 e. The van der Waals surface area contributed by atoms with E-state index in [1.54, 1.807) is 19.4 Å². The van der Waals surface area contributed by atoms with E-state index in [1.165, 1.54) is 11.3 Å². The van der Waals surface area contributed by atoms with Crippen molar-refractivity contribution < 1.29 is 4.74 Å². The molecule has 19 heavy (non-hydrogen) atoms. The maximum absolute atomic E-state index is 11.7. The largest absolute Gasteiger partial charge is 0.481 e. The second-order valence-corrected chi connectivity index (χ2v) is 5.03. The van der Waals surface area contributed by atoms with E-state index in [4.69, 9.17) is 4.74 Å². The van der Waals surface area contributed by atoms with Crippen LogP contribution in [0.3, 0.4) is 0 Å². The normalized spacial score (nSPS) is 10.8. The molecule has 5 heteroatoms. The highest BCUT2D eigenvalue weighted by Gasteiger charge is 2.07. The van der Waals surface area contributed by atoms with Gasteiger partial charge in [-0.2, -0.15) is 0 Å². The minimum absolute atomic E-state index is 0.0689. The zero-order valence-electron chi connectivity index (χ0n) is 10.4. The fraction of sp³-hybridized carbons (Fsp3) is 0.143. The second kappa shape index (κ2) is 4.85. The third kappa shape index (κ3) is 2.13. The van der Waals surface area contributed by atoms with Crippen LogP contribution in [0, 0.1) is 0 Å². The first kappa shape index (κ1) is 11.9. The summed E-state index contributed by atoms with van der Waals surface area (Å²) in [5.74, 6) is 0.615. The highest BCUT2D eigenvalue weighted by Crippen LogP contribution is 2.20. The van der Waals surface area contributed by atoms with Gasteiger partial charge in [0.1, 0.15) is 0 Å². The Morgan fingerprint density at radius 3 is 3.11 bits per heavy atom. The molecule has 0 aliphatic heterocycles. The molecular weight excluding hydrogens is 260 g/mol. The molecule has 0 atom stereocenters. The Labute approximate surface area is 113 Å². The van der Waals surface area contributed by atoms with Crippen LogP contribution in [-0.4, -0.2) is 16.7 Å². The van der Waals surface area contributed by atoms with Gasteiger partial charge in [-0.25, -0.2) is 4.98 Å². The van der Waals surface area contributed by atoms with Gasteiger partial charge in [0.2, 0.25) is 5.88 Å². The van der Waals surface area contributed by atoms with Crippen molar-refractivity contribution in [1.29, 1.82) is 0 Å². The van der Waals surface area contributed by atoms with Crippen molar-refractivity contribution in [2.45, 2.75) is 6.54 Å². The molecule has 0 bridgehead atoms. The number of pyridine rings is 2. The van der Waals surface area contributed by atoms with Crippen LogP contribution >= 0.6 is 11.3 Å². The highest BCUT2D eigenvalue weighted by molar-refractivity contribution is 7.17. The molecule has 3 rings (SSSR count). The molecule has 0 fully saturated rings. The first-order valence-corrected chi connectivity index (χ1v) is 6.72. The topological polar surface area (TPSA) is 44.1 Å². The standard InChI is InChI=1S/C14H12N2O2S/c1-18-14-10(3-2-6-15-14)9-16-7-4-12(17)13-11(16)5-8-19-13/h2-8H,9H2,1H3. The molecule has 0 aliphatic rings. The third-order valence-corrected chi connectivity index (χ3v) is 3.89. The lowest BCUT2D eigenvalue weighted by Crippen LogP contribution is -2.08. The Bertz CT molecular complexity index is 776. The average molecular weight is 272 g/mol. The lowest BCUT2D eigenvalue weighted by Gasteiger charge is -2.10. The number of methoxy groups -OCH3 is 1. The van der Waals surface area contributed by atoms with Gasteiger partial charge < -0.3 is 9.30 Å². The molecule has 3 heterocycles. The summed E-state index contributed by atoms with van der Waals surface area (Å²) in [6.07, 6.45) is 3.51. The van der Waals surface area contributed by atoms with Crippen LogP contribution in [0.25, 0.3) is 10.2 Å². The summed E-state index contributed by atoms with van der Waals surface area (Å²) >= 11 is 1.47. The minimum atomic E-state index is 0.0689. The maximum Gasteiger partial charge on any atom is 0.218 e. The van der Waals surface area contributed by atoms with E-state index in [1.807, 2.05) is 34.3 Å². The van der Waals surface area contributed by atoms with E-state index < -0.39 is 0 Å². The van der Waals surface area contributed by atoms with Crippen LogP contribution in [0.4, 0.5) is 0 Å². The number of hydrogen-bond acceptors (Lipinski definition) is 4. The van der Waals surface area contributed by atoms with E-state index in [0.29, 0.717) is 12.4 Å². The van der Waals surface area contributed by atoms with Crippen molar-refractivity contribution >= 4 is 21.6 Å². The van der Waals surface area contributed by atoms with Crippen LogP contribution in [0.1, 0.15) is 5.56 Å². The van der Waals surface area contributed by atoms with Crippen LogP contribution in [-0.2, 0) is 6.54 Å². The van der Waals surface area contributed by atoms with E-state index in [2.05, 4.69) is 4.98 Å². The van der Waals surface area contributed by atoms with E-state index >= 15 is 0 Å². The van der Waals surface area contributed by atoms with Crippen molar-refractivity contribution in [1.82, 2.24) is 9.55 Å². The molecule has 4 nitrogen and oxygen atoms in total. The Kier molecular flexibility index (Phi) is 3.05. The summed E-state index contributed by atoms with van der Waals surface area (Å²) in [5.41, 5.74) is 2.00. The van der Waals surface area contributed by atoms with Crippen LogP contribution in [0.5, 0.6) is 5.88 Å². The molecule has 0 spiro atoms. The molecular formula is C14H12N2O2S. The van der Waals surface area contributed by atoms with E-state index in [-0.39, 0.29) is 5.43 Å². The molecule has 0 radical (unpaired) electrons. The molecule has 3 aromatic rings. The van der Waals surface area contributed by atoms with Crippen molar-refractivity contribution in [2.24, 2.45) is 0 Å². The molecule has 0 N–H and O–H groups in total. The number of hydrogen-bond donors (Lipinski definition) is 0. The quantitative estimate of drug-likeness (QED) is 0.736. The SMILES string of the molecule is COc1ncccc1Cn1ccc(=O)c2sccc21. The Morgan fingerprint density at radius 2 is 2.26 bits per heavy atom. The van der Waals surface area contributed by atoms with Gasteiger partial charge in [0, 0.05) is 24.0 Å². The van der Waals surface area contributed by atoms with Crippen molar-refractivity contribution in [3.8, 4) is 5.88 Å². The zero-order valence-corrected chi connectivity index (χ0v) is 11.2. The Balaban J connectivity index is 2.09. The monoisotopic (exact) mass is 272 g/mol. The molecule has 96 valence electrons. The molecule has 0 amide bonds. The van der Waals surface area contributed by atoms with Gasteiger partial charge in [-0.1, -0.05) is 6.07 Å². The summed E-state index contributed by atoms with van der Waals surface area (Å²) in [7, 11) is 1.61. The average Bonchev–Trinajstić information content (AvgIpc) is 2.93. The summed E-state index contributed by atoms with van der Waals surface area (Å²) in [6, 6.07) is 7.42. The molecule has 3 aromatic heterocycles. The van der Waals surface area contributed by atoms with Crippen molar-refractivity contribution in [3.63, 3.8) is 0 Å². The van der Waals surface area contributed by atoms with Crippen LogP contribution < -0.4 is 10.2 Å². The van der Waals surface area contributed by atoms with Gasteiger partial charge in [-0.3, -0.25) is 4.79 Å². The van der Waals surface area contributed by atoms with Crippen LogP contribution in [0.2, 0.25) is 0 Å². The fourth-order valence-electron chi connectivity index (χ4n) is 2.08. The summed E-state index contributed by atoms with van der Waals surface area (Å²) in [4.78, 5) is 15.9. The van der Waals surface area contributed by atoms with Gasteiger partial charge in [-0.05, 0) is 17.5 Å². The predicted molar refractivity (Wildman–Crippen MR) is 76.0 cm³/mol. The van der Waals surface area contributed by atoms with Gasteiger partial charge >= 0.3 is 0 Å². The fourth-order valence-corrected chi connectivity index (χ4v) is 2.90. The molecule has 0 aromatic carbocycles. The summed E-state index contributed by atoms with van der Waals surface area (Å²) in [6.45, 7) is 0.629. The van der Waals surface area contributed by atoms with Gasteiger partial charge in [0.25, 0.3) is 0 Å². The number of aromatic nitrogens is 2. The highest BCUT2D eigenvalue weighted by atomic mass is 32.1. The number of rotatable bonds is 3. The summed E-state index contributed by atoms with van der Waals surface area (Å²) < 4.78 is 8.07. The third-order valence-electron chi connectivity index (χ3n) is 2.97. The van der Waals surface area contributed by atoms with Crippen molar-refractivity contribution in [3.05, 3.63) is 57.8 Å². The second-order valence-electron chi connectivity index (χ2n) is 4.11. The Hall–Kier alpha value is -2.14. The Morgan fingerprint density at radius 1 is 1.37 bits per heavy atom. The predicted octanol–water partition coefficient (Wildman–Crippen LogP) is 2.51. The number of ether oxygens (including phenoxy) is 1. The van der Waals surface area contributed by atoms with E-state index in [0.717, 1.165) is 15.8 Å². The molecule has 0 saturated carbocycles. The zero-order chi connectivity index (χ0) is 13.2. The van der Waals surface area contributed by atoms with Gasteiger partial charge in [0.15, 0.2) is 5.43 Å². The first-order valence-electron chi connectivity index (χ1n) is 5.84. The maximum atomic E-state index is 11.7. The molecule has 0 aliphatic carbocycles. The van der Waals surface area contributed by atoms with Gasteiger partial charge in [0.05, 0.1) is 23.9 Å².